The van der Waals surface area contributed by atoms with Crippen molar-refractivity contribution in [3.8, 4) is 0 Å². The first-order valence-corrected chi connectivity index (χ1v) is 8.46. The van der Waals surface area contributed by atoms with Crippen molar-refractivity contribution in [3.05, 3.63) is 34.2 Å². The fraction of sp³-hybridized carbons (Fsp3) is 0.647. The lowest BCUT2D eigenvalue weighted by molar-refractivity contribution is -0.139. The summed E-state index contributed by atoms with van der Waals surface area (Å²) in [5, 5.41) is 2.74. The van der Waals surface area contributed by atoms with Crippen LogP contribution in [-0.4, -0.2) is 41.1 Å². The molecular weight excluding hydrogens is 335 g/mol. The summed E-state index contributed by atoms with van der Waals surface area (Å²) >= 11 is 0. The summed E-state index contributed by atoms with van der Waals surface area (Å²) in [7, 11) is 0. The van der Waals surface area contributed by atoms with E-state index in [1.807, 2.05) is 0 Å². The first kappa shape index (κ1) is 19.5. The van der Waals surface area contributed by atoms with Crippen LogP contribution in [0.4, 0.5) is 13.2 Å². The zero-order valence-corrected chi connectivity index (χ0v) is 14.5. The van der Waals surface area contributed by atoms with E-state index in [1.165, 1.54) is 6.20 Å². The van der Waals surface area contributed by atoms with E-state index in [2.05, 4.69) is 24.1 Å². The van der Waals surface area contributed by atoms with E-state index >= 15 is 0 Å². The van der Waals surface area contributed by atoms with Gasteiger partial charge in [-0.2, -0.15) is 13.2 Å². The van der Waals surface area contributed by atoms with Gasteiger partial charge in [0.2, 0.25) is 5.91 Å². The van der Waals surface area contributed by atoms with Crippen LogP contribution in [0.15, 0.2) is 23.1 Å². The number of rotatable bonds is 5. The smallest absolute Gasteiger partial charge is 0.354 e. The summed E-state index contributed by atoms with van der Waals surface area (Å²) in [5.41, 5.74) is -2.46. The van der Waals surface area contributed by atoms with E-state index in [9.17, 15) is 22.8 Å². The van der Waals surface area contributed by atoms with Gasteiger partial charge in [-0.3, -0.25) is 9.59 Å². The molecule has 1 amide bonds. The van der Waals surface area contributed by atoms with E-state index < -0.39 is 29.8 Å². The van der Waals surface area contributed by atoms with Crippen LogP contribution in [-0.2, 0) is 17.5 Å². The molecule has 0 saturated carbocycles. The predicted octanol–water partition coefficient (Wildman–Crippen LogP) is 2.10. The van der Waals surface area contributed by atoms with Gasteiger partial charge >= 0.3 is 6.18 Å². The topological polar surface area (TPSA) is 54.3 Å². The second kappa shape index (κ2) is 8.03. The number of aromatic nitrogens is 1. The molecule has 2 rings (SSSR count). The summed E-state index contributed by atoms with van der Waals surface area (Å²) in [6, 6.07) is 2.29. The normalized spacial score (nSPS) is 19.2. The molecule has 1 fully saturated rings. The predicted molar refractivity (Wildman–Crippen MR) is 88.1 cm³/mol. The SMILES string of the molecule is CC(C)N1CCC[C@@H](CNC(=O)Cn2cccc(C(F)(F)F)c2=O)C1. The maximum Gasteiger partial charge on any atom is 0.421 e. The molecule has 1 aromatic heterocycles. The van der Waals surface area contributed by atoms with Gasteiger partial charge in [0.05, 0.1) is 0 Å². The number of amides is 1. The van der Waals surface area contributed by atoms with Crippen LogP contribution in [0.3, 0.4) is 0 Å². The van der Waals surface area contributed by atoms with E-state index in [0.717, 1.165) is 42.6 Å². The van der Waals surface area contributed by atoms with Gasteiger partial charge in [0.15, 0.2) is 0 Å². The molecule has 0 unspecified atom stereocenters. The molecule has 1 saturated heterocycles. The minimum atomic E-state index is -4.72. The number of likely N-dealkylation sites (tertiary alicyclic amines) is 1. The van der Waals surface area contributed by atoms with Crippen molar-refractivity contribution in [2.24, 2.45) is 5.92 Å². The lowest BCUT2D eigenvalue weighted by Crippen LogP contribution is -2.44. The van der Waals surface area contributed by atoms with Gasteiger partial charge in [-0.05, 0) is 51.3 Å². The summed E-state index contributed by atoms with van der Waals surface area (Å²) in [5.74, 6) is -0.138. The van der Waals surface area contributed by atoms with Crippen LogP contribution in [0.2, 0.25) is 0 Å². The van der Waals surface area contributed by atoms with E-state index in [0.29, 0.717) is 18.5 Å². The summed E-state index contributed by atoms with van der Waals surface area (Å²) < 4.78 is 39.0. The number of hydrogen-bond donors (Lipinski definition) is 1. The summed E-state index contributed by atoms with van der Waals surface area (Å²) in [6.45, 7) is 6.24. The molecule has 1 N–H and O–H groups in total. The Kier molecular flexibility index (Phi) is 6.26. The number of carbonyl (C=O) groups is 1. The van der Waals surface area contributed by atoms with Crippen LogP contribution in [0.5, 0.6) is 0 Å². The lowest BCUT2D eigenvalue weighted by atomic mass is 9.97. The highest BCUT2D eigenvalue weighted by Gasteiger charge is 2.34. The van der Waals surface area contributed by atoms with E-state index in [-0.39, 0.29) is 0 Å². The molecule has 25 heavy (non-hydrogen) atoms. The largest absolute Gasteiger partial charge is 0.421 e. The quantitative estimate of drug-likeness (QED) is 0.876. The molecule has 1 aliphatic heterocycles. The standard InChI is InChI=1S/C17H24F3N3O2/c1-12(2)22-7-3-5-13(10-22)9-21-15(24)11-23-8-4-6-14(16(23)25)17(18,19)20/h4,6,8,12-13H,3,5,7,9-11H2,1-2H3,(H,21,24)/t13-/m0/s1. The number of nitrogens with one attached hydrogen (secondary N) is 1. The van der Waals surface area contributed by atoms with Gasteiger partial charge in [0, 0.05) is 25.3 Å². The number of carbonyl (C=O) groups excluding carboxylic acids is 1. The highest BCUT2D eigenvalue weighted by Crippen LogP contribution is 2.25. The van der Waals surface area contributed by atoms with Crippen molar-refractivity contribution >= 4 is 5.91 Å². The Labute approximate surface area is 144 Å². The third-order valence-corrected chi connectivity index (χ3v) is 4.51. The van der Waals surface area contributed by atoms with Crippen LogP contribution < -0.4 is 10.9 Å². The Morgan fingerprint density at radius 3 is 2.76 bits per heavy atom. The highest BCUT2D eigenvalue weighted by molar-refractivity contribution is 5.75. The van der Waals surface area contributed by atoms with Gasteiger partial charge in [0.1, 0.15) is 12.1 Å². The lowest BCUT2D eigenvalue weighted by Gasteiger charge is -2.35. The summed E-state index contributed by atoms with van der Waals surface area (Å²) in [4.78, 5) is 26.2. The Morgan fingerprint density at radius 2 is 2.12 bits per heavy atom. The first-order chi connectivity index (χ1) is 11.7. The fourth-order valence-electron chi connectivity index (χ4n) is 3.08. The second-order valence-electron chi connectivity index (χ2n) is 6.75. The molecule has 1 aliphatic rings. The molecule has 140 valence electrons. The minimum absolute atomic E-state index is 0.318. The summed E-state index contributed by atoms with van der Waals surface area (Å²) in [6.07, 6.45) is -1.46. The van der Waals surface area contributed by atoms with Crippen molar-refractivity contribution in [3.63, 3.8) is 0 Å². The van der Waals surface area contributed by atoms with Crippen molar-refractivity contribution in [1.29, 1.82) is 0 Å². The van der Waals surface area contributed by atoms with Crippen molar-refractivity contribution in [2.45, 2.75) is 45.5 Å². The van der Waals surface area contributed by atoms with Crippen LogP contribution in [0, 0.1) is 5.92 Å². The number of pyridine rings is 1. The average molecular weight is 359 g/mol. The number of alkyl halides is 3. The molecular formula is C17H24F3N3O2. The molecule has 0 radical (unpaired) electrons. The molecule has 0 aliphatic carbocycles. The molecule has 1 aromatic rings. The Bertz CT molecular complexity index is 655. The van der Waals surface area contributed by atoms with Gasteiger partial charge < -0.3 is 14.8 Å². The van der Waals surface area contributed by atoms with Gasteiger partial charge in [-0.25, -0.2) is 0 Å². The number of hydrogen-bond acceptors (Lipinski definition) is 3. The Balaban J connectivity index is 1.92. The van der Waals surface area contributed by atoms with Crippen molar-refractivity contribution in [1.82, 2.24) is 14.8 Å². The van der Waals surface area contributed by atoms with Crippen molar-refractivity contribution < 1.29 is 18.0 Å². The molecule has 0 aromatic carbocycles. The van der Waals surface area contributed by atoms with Crippen LogP contribution >= 0.6 is 0 Å². The zero-order valence-electron chi connectivity index (χ0n) is 14.5. The molecule has 0 bridgehead atoms. The average Bonchev–Trinajstić information content (AvgIpc) is 2.54. The molecule has 1 atom stereocenters. The molecule has 2 heterocycles. The zero-order chi connectivity index (χ0) is 18.6. The number of nitrogens with zero attached hydrogens (tertiary/aromatic N) is 2. The fourth-order valence-corrected chi connectivity index (χ4v) is 3.08. The maximum absolute atomic E-state index is 12.7. The monoisotopic (exact) mass is 359 g/mol. The first-order valence-electron chi connectivity index (χ1n) is 8.46. The maximum atomic E-state index is 12.7. The third-order valence-electron chi connectivity index (χ3n) is 4.51. The molecule has 5 nitrogen and oxygen atoms in total. The highest BCUT2D eigenvalue weighted by atomic mass is 19.4. The second-order valence-corrected chi connectivity index (χ2v) is 6.75. The van der Waals surface area contributed by atoms with Gasteiger partial charge in [-0.1, -0.05) is 0 Å². The van der Waals surface area contributed by atoms with E-state index in [1.54, 1.807) is 0 Å². The van der Waals surface area contributed by atoms with Crippen LogP contribution in [0.25, 0.3) is 0 Å². The minimum Gasteiger partial charge on any atom is -0.354 e. The van der Waals surface area contributed by atoms with Crippen LogP contribution in [0.1, 0.15) is 32.3 Å². The van der Waals surface area contributed by atoms with Gasteiger partial charge in [-0.15, -0.1) is 0 Å². The molecule has 0 spiro atoms. The number of piperidine rings is 1. The van der Waals surface area contributed by atoms with Crippen molar-refractivity contribution in [2.75, 3.05) is 19.6 Å². The van der Waals surface area contributed by atoms with E-state index in [4.69, 9.17) is 0 Å². The third kappa shape index (κ3) is 5.32. The van der Waals surface area contributed by atoms with Gasteiger partial charge in [0.25, 0.3) is 5.56 Å². The number of halogens is 3. The molecule has 8 heteroatoms. The Morgan fingerprint density at radius 1 is 1.40 bits per heavy atom. The Hall–Kier alpha value is -1.83.